The Bertz CT molecular complexity index is 1130. The number of hydrogen-bond acceptors (Lipinski definition) is 5. The second kappa shape index (κ2) is 5.67. The zero-order valence-electron chi connectivity index (χ0n) is 13.6. The van der Waals surface area contributed by atoms with Gasteiger partial charge in [0, 0.05) is 42.0 Å². The standard InChI is InChI=1S/C18H13ClN6O/c19-14-2-1-11-8-24(9-12(11)3-14)17-5-16(13-6-20-21-7-13)25-18(22-17)4-15(10-26)23-25/h1-7,10H,8-9H2,(H,20,21). The van der Waals surface area contributed by atoms with Gasteiger partial charge in [-0.05, 0) is 23.3 Å². The summed E-state index contributed by atoms with van der Waals surface area (Å²) < 4.78 is 1.66. The van der Waals surface area contributed by atoms with Crippen LogP contribution in [0.2, 0.25) is 5.02 Å². The van der Waals surface area contributed by atoms with Crippen LogP contribution in [0.15, 0.2) is 42.7 Å². The molecule has 1 N–H and O–H groups in total. The largest absolute Gasteiger partial charge is 0.348 e. The SMILES string of the molecule is O=Cc1cc2nc(N3Cc4ccc(Cl)cc4C3)cc(-c3cn[nH]c3)n2n1. The molecule has 26 heavy (non-hydrogen) atoms. The summed E-state index contributed by atoms with van der Waals surface area (Å²) in [6, 6.07) is 9.60. The molecule has 0 amide bonds. The Labute approximate surface area is 153 Å². The molecule has 0 saturated carbocycles. The molecular formula is C18H13ClN6O. The maximum atomic E-state index is 11.2. The molecule has 1 aliphatic rings. The van der Waals surface area contributed by atoms with E-state index in [0.29, 0.717) is 11.3 Å². The Kier molecular flexibility index (Phi) is 3.29. The molecule has 0 spiro atoms. The number of halogens is 1. The van der Waals surface area contributed by atoms with Crippen molar-refractivity contribution in [2.24, 2.45) is 0 Å². The smallest absolute Gasteiger partial charge is 0.170 e. The topological polar surface area (TPSA) is 79.2 Å². The summed E-state index contributed by atoms with van der Waals surface area (Å²) in [4.78, 5) is 18.0. The molecule has 7 nitrogen and oxygen atoms in total. The van der Waals surface area contributed by atoms with Crippen LogP contribution in [-0.4, -0.2) is 31.1 Å². The molecule has 1 aromatic carbocycles. The molecule has 1 aliphatic heterocycles. The Morgan fingerprint density at radius 3 is 2.85 bits per heavy atom. The van der Waals surface area contributed by atoms with Gasteiger partial charge in [-0.15, -0.1) is 0 Å². The van der Waals surface area contributed by atoms with Gasteiger partial charge in [0.1, 0.15) is 11.5 Å². The summed E-state index contributed by atoms with van der Waals surface area (Å²) in [6.45, 7) is 1.49. The maximum absolute atomic E-state index is 11.2. The lowest BCUT2D eigenvalue weighted by Crippen LogP contribution is -2.17. The number of aromatic nitrogens is 5. The van der Waals surface area contributed by atoms with E-state index >= 15 is 0 Å². The van der Waals surface area contributed by atoms with Crippen LogP contribution in [0.25, 0.3) is 16.9 Å². The summed E-state index contributed by atoms with van der Waals surface area (Å²) >= 11 is 6.12. The van der Waals surface area contributed by atoms with Crippen LogP contribution in [0.1, 0.15) is 21.6 Å². The van der Waals surface area contributed by atoms with Crippen LogP contribution in [0.3, 0.4) is 0 Å². The predicted molar refractivity (Wildman–Crippen MR) is 97.3 cm³/mol. The van der Waals surface area contributed by atoms with Gasteiger partial charge in [-0.25, -0.2) is 9.50 Å². The van der Waals surface area contributed by atoms with Crippen molar-refractivity contribution in [2.75, 3.05) is 4.90 Å². The molecule has 0 unspecified atom stereocenters. The van der Waals surface area contributed by atoms with Crippen molar-refractivity contribution in [3.8, 4) is 11.3 Å². The van der Waals surface area contributed by atoms with Gasteiger partial charge in [0.25, 0.3) is 0 Å². The van der Waals surface area contributed by atoms with E-state index in [9.17, 15) is 4.79 Å². The number of aromatic amines is 1. The van der Waals surface area contributed by atoms with Gasteiger partial charge in [0.05, 0.1) is 11.9 Å². The van der Waals surface area contributed by atoms with Crippen molar-refractivity contribution in [3.05, 3.63) is 64.6 Å². The molecule has 0 bridgehead atoms. The second-order valence-electron chi connectivity index (χ2n) is 6.21. The molecule has 128 valence electrons. The minimum Gasteiger partial charge on any atom is -0.348 e. The first-order valence-electron chi connectivity index (χ1n) is 8.09. The van der Waals surface area contributed by atoms with Crippen molar-refractivity contribution in [3.63, 3.8) is 0 Å². The van der Waals surface area contributed by atoms with Crippen LogP contribution in [-0.2, 0) is 13.1 Å². The van der Waals surface area contributed by atoms with Gasteiger partial charge in [-0.1, -0.05) is 17.7 Å². The molecule has 0 fully saturated rings. The number of nitrogens with one attached hydrogen (secondary N) is 1. The number of rotatable bonds is 3. The summed E-state index contributed by atoms with van der Waals surface area (Å²) in [5.41, 5.74) is 5.10. The highest BCUT2D eigenvalue weighted by atomic mass is 35.5. The van der Waals surface area contributed by atoms with E-state index in [-0.39, 0.29) is 0 Å². The molecule has 8 heteroatoms. The predicted octanol–water partition coefficient (Wildman–Crippen LogP) is 3.11. The molecule has 4 heterocycles. The second-order valence-corrected chi connectivity index (χ2v) is 6.65. The Hall–Kier alpha value is -3.19. The van der Waals surface area contributed by atoms with E-state index in [0.717, 1.165) is 41.5 Å². The van der Waals surface area contributed by atoms with Crippen molar-refractivity contribution >= 4 is 29.4 Å². The summed E-state index contributed by atoms with van der Waals surface area (Å²) in [5, 5.41) is 11.9. The number of anilines is 1. The zero-order valence-corrected chi connectivity index (χ0v) is 14.3. The van der Waals surface area contributed by atoms with E-state index in [1.54, 1.807) is 23.0 Å². The Balaban J connectivity index is 1.64. The van der Waals surface area contributed by atoms with Crippen LogP contribution >= 0.6 is 11.6 Å². The van der Waals surface area contributed by atoms with Gasteiger partial charge in [0.15, 0.2) is 11.9 Å². The fraction of sp³-hybridized carbons (Fsp3) is 0.111. The number of nitrogens with zero attached hydrogens (tertiary/aromatic N) is 5. The van der Waals surface area contributed by atoms with Crippen molar-refractivity contribution in [1.82, 2.24) is 24.8 Å². The number of H-pyrrole nitrogens is 1. The van der Waals surface area contributed by atoms with Gasteiger partial charge in [-0.2, -0.15) is 10.2 Å². The molecule has 4 aromatic rings. The first-order chi connectivity index (χ1) is 12.7. The lowest BCUT2D eigenvalue weighted by molar-refractivity contribution is 0.111. The third kappa shape index (κ3) is 2.36. The van der Waals surface area contributed by atoms with Crippen LogP contribution < -0.4 is 4.90 Å². The van der Waals surface area contributed by atoms with E-state index in [1.807, 2.05) is 18.2 Å². The minimum absolute atomic E-state index is 0.343. The lowest BCUT2D eigenvalue weighted by Gasteiger charge is -2.17. The highest BCUT2D eigenvalue weighted by Gasteiger charge is 2.22. The molecule has 0 saturated heterocycles. The summed E-state index contributed by atoms with van der Waals surface area (Å²) in [5.74, 6) is 0.818. The number of fused-ring (bicyclic) bond motifs is 2. The number of benzene rings is 1. The van der Waals surface area contributed by atoms with Crippen molar-refractivity contribution in [2.45, 2.75) is 13.1 Å². The number of aldehydes is 1. The van der Waals surface area contributed by atoms with Crippen molar-refractivity contribution in [1.29, 1.82) is 0 Å². The zero-order chi connectivity index (χ0) is 17.7. The van der Waals surface area contributed by atoms with E-state index in [4.69, 9.17) is 16.6 Å². The quantitative estimate of drug-likeness (QED) is 0.565. The molecule has 3 aromatic heterocycles. The Morgan fingerprint density at radius 2 is 2.04 bits per heavy atom. The number of carbonyl (C=O) groups is 1. The van der Waals surface area contributed by atoms with Gasteiger partial charge in [-0.3, -0.25) is 9.89 Å². The van der Waals surface area contributed by atoms with Gasteiger partial charge in [0.2, 0.25) is 0 Å². The fourth-order valence-electron chi connectivity index (χ4n) is 3.32. The molecular weight excluding hydrogens is 352 g/mol. The summed E-state index contributed by atoms with van der Waals surface area (Å²) in [6.07, 6.45) is 4.24. The highest BCUT2D eigenvalue weighted by molar-refractivity contribution is 6.30. The third-order valence-electron chi connectivity index (χ3n) is 4.56. The van der Waals surface area contributed by atoms with E-state index in [2.05, 4.69) is 26.3 Å². The van der Waals surface area contributed by atoms with Gasteiger partial charge >= 0.3 is 0 Å². The first-order valence-corrected chi connectivity index (χ1v) is 8.46. The van der Waals surface area contributed by atoms with Crippen molar-refractivity contribution < 1.29 is 4.79 Å². The number of hydrogen-bond donors (Lipinski definition) is 1. The fourth-order valence-corrected chi connectivity index (χ4v) is 3.51. The van der Waals surface area contributed by atoms with Crippen LogP contribution in [0, 0.1) is 0 Å². The van der Waals surface area contributed by atoms with Crippen LogP contribution in [0.5, 0.6) is 0 Å². The van der Waals surface area contributed by atoms with E-state index in [1.165, 1.54) is 11.1 Å². The monoisotopic (exact) mass is 364 g/mol. The molecule has 0 radical (unpaired) electrons. The average Bonchev–Trinajstić information content (AvgIpc) is 3.38. The maximum Gasteiger partial charge on any atom is 0.170 e. The Morgan fingerprint density at radius 1 is 1.15 bits per heavy atom. The first kappa shape index (κ1) is 15.1. The summed E-state index contributed by atoms with van der Waals surface area (Å²) in [7, 11) is 0. The minimum atomic E-state index is 0.343. The van der Waals surface area contributed by atoms with Crippen LogP contribution in [0.4, 0.5) is 5.82 Å². The molecule has 0 atom stereocenters. The normalized spacial score (nSPS) is 13.3. The van der Waals surface area contributed by atoms with Gasteiger partial charge < -0.3 is 4.90 Å². The molecule has 0 aliphatic carbocycles. The third-order valence-corrected chi connectivity index (χ3v) is 4.80. The lowest BCUT2D eigenvalue weighted by atomic mass is 10.1. The number of carbonyl (C=O) groups excluding carboxylic acids is 1. The highest BCUT2D eigenvalue weighted by Crippen LogP contribution is 2.31. The van der Waals surface area contributed by atoms with E-state index < -0.39 is 0 Å². The molecule has 5 rings (SSSR count). The average molecular weight is 365 g/mol.